The van der Waals surface area contributed by atoms with Gasteiger partial charge in [-0.05, 0) is 13.8 Å². The van der Waals surface area contributed by atoms with E-state index in [2.05, 4.69) is 14.2 Å². The Labute approximate surface area is 132 Å². The number of alkyl halides is 10. The highest BCUT2D eigenvalue weighted by molar-refractivity contribution is 6.26. The first-order valence-electron chi connectivity index (χ1n) is 5.75. The predicted molar refractivity (Wildman–Crippen MR) is 56.7 cm³/mol. The average molecular weight is 399 g/mol. The lowest BCUT2D eigenvalue weighted by Crippen LogP contribution is -2.67. The molecule has 24 heavy (non-hydrogen) atoms. The molecule has 0 saturated carbocycles. The number of hydrogen-bond acceptors (Lipinski definition) is 4. The molecule has 0 aromatic rings. The van der Waals surface area contributed by atoms with Crippen molar-refractivity contribution in [2.75, 3.05) is 5.88 Å². The number of rotatable bonds is 2. The van der Waals surface area contributed by atoms with Crippen molar-refractivity contribution in [1.29, 1.82) is 0 Å². The Balaban J connectivity index is 3.66. The highest BCUT2D eigenvalue weighted by Crippen LogP contribution is 2.62. The van der Waals surface area contributed by atoms with Crippen LogP contribution in [0.3, 0.4) is 0 Å². The van der Waals surface area contributed by atoms with Crippen LogP contribution in [0.2, 0.25) is 0 Å². The molecule has 1 fully saturated rings. The summed E-state index contributed by atoms with van der Waals surface area (Å²) in [6.07, 6.45) is -18.9. The zero-order chi connectivity index (χ0) is 19.4. The molecule has 1 heterocycles. The lowest BCUT2D eigenvalue weighted by atomic mass is 9.84. The van der Waals surface area contributed by atoms with E-state index in [1.54, 1.807) is 0 Å². The molecule has 4 nitrogen and oxygen atoms in total. The normalized spacial score (nSPS) is 27.2. The first-order chi connectivity index (χ1) is 10.4. The Bertz CT molecular complexity index is 496. The maximum absolute atomic E-state index is 13.1. The van der Waals surface area contributed by atoms with Crippen LogP contribution in [0.15, 0.2) is 0 Å². The molecule has 0 aliphatic carbocycles. The Hall–Kier alpha value is -0.950. The van der Waals surface area contributed by atoms with Gasteiger partial charge < -0.3 is 9.47 Å². The van der Waals surface area contributed by atoms with Crippen LogP contribution in [0.5, 0.6) is 0 Å². The lowest BCUT2D eigenvalue weighted by molar-refractivity contribution is -0.473. The number of esters is 1. The zero-order valence-corrected chi connectivity index (χ0v) is 12.4. The van der Waals surface area contributed by atoms with Gasteiger partial charge in [-0.1, -0.05) is 0 Å². The van der Waals surface area contributed by atoms with E-state index in [9.17, 15) is 44.3 Å². The van der Waals surface area contributed by atoms with Gasteiger partial charge in [-0.2, -0.15) is 39.5 Å². The van der Waals surface area contributed by atoms with E-state index in [1.165, 1.54) is 0 Å². The fraction of sp³-hybridized carbons (Fsp3) is 0.900. The van der Waals surface area contributed by atoms with Crippen LogP contribution in [0.1, 0.15) is 13.8 Å². The van der Waals surface area contributed by atoms with Gasteiger partial charge in [0.15, 0.2) is 0 Å². The molecule has 0 aromatic heterocycles. The lowest BCUT2D eigenvalue weighted by Gasteiger charge is -2.39. The molecule has 0 N–H and O–H groups in total. The van der Waals surface area contributed by atoms with Crippen molar-refractivity contribution < 1.29 is 58.5 Å². The van der Waals surface area contributed by atoms with Crippen LogP contribution >= 0.6 is 11.6 Å². The average Bonchev–Trinajstić information content (AvgIpc) is 2.56. The molecule has 0 spiro atoms. The monoisotopic (exact) mass is 398 g/mol. The zero-order valence-electron chi connectivity index (χ0n) is 11.6. The summed E-state index contributed by atoms with van der Waals surface area (Å²) >= 11 is 4.87. The van der Waals surface area contributed by atoms with Crippen molar-refractivity contribution in [2.45, 2.75) is 49.6 Å². The number of ether oxygens (including phenoxy) is 3. The van der Waals surface area contributed by atoms with Gasteiger partial charge in [-0.25, -0.2) is 0 Å². The summed E-state index contributed by atoms with van der Waals surface area (Å²) in [4.78, 5) is 11.0. The largest absolute Gasteiger partial charge is 0.486 e. The van der Waals surface area contributed by atoms with Crippen molar-refractivity contribution in [3.63, 3.8) is 0 Å². The molecule has 1 atom stereocenters. The summed E-state index contributed by atoms with van der Waals surface area (Å²) < 4.78 is 129. The molecular formula is C10H8ClF9O4. The number of hydrogen-bond donors (Lipinski definition) is 0. The number of carbonyl (C=O) groups is 1. The van der Waals surface area contributed by atoms with E-state index in [0.717, 1.165) is 0 Å². The maximum Gasteiger partial charge on any atom is 0.486 e. The third kappa shape index (κ3) is 2.90. The Morgan fingerprint density at radius 3 is 1.58 bits per heavy atom. The fourth-order valence-electron chi connectivity index (χ4n) is 2.10. The summed E-state index contributed by atoms with van der Waals surface area (Å²) in [6, 6.07) is 0. The van der Waals surface area contributed by atoms with Gasteiger partial charge in [-0.15, -0.1) is 11.6 Å². The quantitative estimate of drug-likeness (QED) is 0.404. The van der Waals surface area contributed by atoms with E-state index in [4.69, 9.17) is 11.6 Å². The molecule has 1 unspecified atom stereocenters. The van der Waals surface area contributed by atoms with Gasteiger partial charge in [0.2, 0.25) is 0 Å². The van der Waals surface area contributed by atoms with E-state index in [1.807, 2.05) is 0 Å². The summed E-state index contributed by atoms with van der Waals surface area (Å²) in [5.74, 6) is -8.26. The molecule has 0 bridgehead atoms. The minimum Gasteiger partial charge on any atom is -0.400 e. The predicted octanol–water partition coefficient (Wildman–Crippen LogP) is 3.67. The smallest absolute Gasteiger partial charge is 0.400 e. The van der Waals surface area contributed by atoms with Crippen molar-refractivity contribution in [3.05, 3.63) is 0 Å². The van der Waals surface area contributed by atoms with Crippen molar-refractivity contribution in [3.8, 4) is 0 Å². The molecular weight excluding hydrogens is 391 g/mol. The SMILES string of the molecule is CC1(C)OC(OC(=O)CCl)(C(F)(F)F)OC1(C(F)(F)F)C(F)(F)F. The van der Waals surface area contributed by atoms with Crippen LogP contribution < -0.4 is 0 Å². The second-order valence-corrected chi connectivity index (χ2v) is 5.32. The second-order valence-electron chi connectivity index (χ2n) is 5.05. The summed E-state index contributed by atoms with van der Waals surface area (Å²) in [5.41, 5.74) is -9.08. The van der Waals surface area contributed by atoms with Crippen LogP contribution in [-0.2, 0) is 19.0 Å². The molecule has 0 radical (unpaired) electrons. The third-order valence-electron chi connectivity index (χ3n) is 3.03. The molecule has 142 valence electrons. The Morgan fingerprint density at radius 1 is 0.917 bits per heavy atom. The van der Waals surface area contributed by atoms with Gasteiger partial charge in [-0.3, -0.25) is 9.53 Å². The summed E-state index contributed by atoms with van der Waals surface area (Å²) in [7, 11) is 0. The van der Waals surface area contributed by atoms with Crippen LogP contribution in [0, 0.1) is 0 Å². The first-order valence-corrected chi connectivity index (χ1v) is 6.29. The molecule has 1 rings (SSSR count). The van der Waals surface area contributed by atoms with E-state index < -0.39 is 47.6 Å². The molecule has 14 heteroatoms. The molecule has 1 aliphatic heterocycles. The van der Waals surface area contributed by atoms with Gasteiger partial charge in [0, 0.05) is 0 Å². The first kappa shape index (κ1) is 21.1. The highest BCUT2D eigenvalue weighted by atomic mass is 35.5. The van der Waals surface area contributed by atoms with E-state index in [0.29, 0.717) is 0 Å². The van der Waals surface area contributed by atoms with Crippen LogP contribution in [0.4, 0.5) is 39.5 Å². The topological polar surface area (TPSA) is 44.8 Å². The van der Waals surface area contributed by atoms with Crippen molar-refractivity contribution >= 4 is 17.6 Å². The number of halogens is 10. The van der Waals surface area contributed by atoms with Gasteiger partial charge in [0.05, 0.1) is 0 Å². The molecule has 0 aromatic carbocycles. The molecule has 1 saturated heterocycles. The third-order valence-corrected chi connectivity index (χ3v) is 3.25. The maximum atomic E-state index is 13.1. The summed E-state index contributed by atoms with van der Waals surface area (Å²) in [6.45, 7) is 0.131. The van der Waals surface area contributed by atoms with Crippen LogP contribution in [0.25, 0.3) is 0 Å². The molecule has 0 amide bonds. The molecule has 1 aliphatic rings. The second kappa shape index (κ2) is 5.53. The van der Waals surface area contributed by atoms with Crippen molar-refractivity contribution in [2.24, 2.45) is 0 Å². The van der Waals surface area contributed by atoms with Gasteiger partial charge in [0.1, 0.15) is 11.5 Å². The summed E-state index contributed by atoms with van der Waals surface area (Å²) in [5, 5.41) is 0. The van der Waals surface area contributed by atoms with Crippen molar-refractivity contribution in [1.82, 2.24) is 0 Å². The Kier molecular flexibility index (Phi) is 4.86. The van der Waals surface area contributed by atoms with Crippen LogP contribution in [-0.4, -0.2) is 47.6 Å². The van der Waals surface area contributed by atoms with E-state index >= 15 is 0 Å². The number of carbonyl (C=O) groups excluding carboxylic acids is 1. The van der Waals surface area contributed by atoms with Gasteiger partial charge in [0.25, 0.3) is 5.60 Å². The minimum atomic E-state index is -6.39. The van der Waals surface area contributed by atoms with Gasteiger partial charge >= 0.3 is 30.5 Å². The fourth-order valence-corrected chi connectivity index (χ4v) is 2.16. The Morgan fingerprint density at radius 2 is 1.33 bits per heavy atom. The standard InChI is InChI=1S/C10H8ClF9O4/c1-5(2)6(7(12,13)14,8(15,16)17)24-10(23-5,9(18,19)20)22-4(21)3-11/h3H2,1-2H3. The highest BCUT2D eigenvalue weighted by Gasteiger charge is 2.90. The van der Waals surface area contributed by atoms with E-state index in [-0.39, 0.29) is 13.8 Å². The minimum absolute atomic E-state index is 0.0655.